The number of methoxy groups -OCH3 is 2. The van der Waals surface area contributed by atoms with Crippen LogP contribution in [0.1, 0.15) is 31.1 Å². The molecule has 0 unspecified atom stereocenters. The van der Waals surface area contributed by atoms with Crippen molar-refractivity contribution in [3.63, 3.8) is 0 Å². The molecule has 0 saturated carbocycles. The van der Waals surface area contributed by atoms with Gasteiger partial charge in [-0.2, -0.15) is 0 Å². The van der Waals surface area contributed by atoms with Gasteiger partial charge < -0.3 is 9.47 Å². The summed E-state index contributed by atoms with van der Waals surface area (Å²) in [6.07, 6.45) is 0. The third-order valence-electron chi connectivity index (χ3n) is 2.41. The van der Waals surface area contributed by atoms with Crippen molar-refractivity contribution in [2.24, 2.45) is 5.41 Å². The van der Waals surface area contributed by atoms with Crippen molar-refractivity contribution in [2.45, 2.75) is 20.8 Å². The second kappa shape index (κ2) is 5.08. The minimum atomic E-state index is -0.443. The number of benzene rings is 1. The van der Waals surface area contributed by atoms with Gasteiger partial charge in [0.05, 0.1) is 19.8 Å². The Hall–Kier alpha value is -1.03. The Kier molecular flexibility index (Phi) is 4.20. The molecule has 1 aromatic carbocycles. The number of ether oxygens (including phenoxy) is 2. The van der Waals surface area contributed by atoms with Crippen LogP contribution in [0.5, 0.6) is 11.5 Å². The van der Waals surface area contributed by atoms with Gasteiger partial charge >= 0.3 is 0 Å². The van der Waals surface area contributed by atoms with Crippen LogP contribution >= 0.6 is 15.9 Å². The first-order chi connectivity index (χ1) is 7.82. The van der Waals surface area contributed by atoms with Crippen molar-refractivity contribution in [1.29, 1.82) is 0 Å². The van der Waals surface area contributed by atoms with E-state index in [1.165, 1.54) is 0 Å². The molecule has 94 valence electrons. The Balaban J connectivity index is 3.36. The lowest BCUT2D eigenvalue weighted by atomic mass is 9.86. The molecule has 0 N–H and O–H groups in total. The van der Waals surface area contributed by atoms with E-state index >= 15 is 0 Å². The highest BCUT2D eigenvalue weighted by Crippen LogP contribution is 2.39. The smallest absolute Gasteiger partial charge is 0.171 e. The van der Waals surface area contributed by atoms with Gasteiger partial charge in [-0.15, -0.1) is 0 Å². The number of halogens is 1. The summed E-state index contributed by atoms with van der Waals surface area (Å²) in [7, 11) is 3.11. The average molecular weight is 301 g/mol. The quantitative estimate of drug-likeness (QED) is 0.799. The lowest BCUT2D eigenvalue weighted by molar-refractivity contribution is 0.0855. The number of ketones is 1. The van der Waals surface area contributed by atoms with E-state index in [0.29, 0.717) is 21.5 Å². The monoisotopic (exact) mass is 300 g/mol. The maximum absolute atomic E-state index is 12.3. The fraction of sp³-hybridized carbons (Fsp3) is 0.462. The summed E-state index contributed by atoms with van der Waals surface area (Å²) in [6.45, 7) is 5.65. The van der Waals surface area contributed by atoms with Crippen LogP contribution in [0.2, 0.25) is 0 Å². The zero-order valence-corrected chi connectivity index (χ0v) is 12.3. The second-order valence-corrected chi connectivity index (χ2v) is 5.53. The van der Waals surface area contributed by atoms with Crippen LogP contribution in [0.25, 0.3) is 0 Å². The van der Waals surface area contributed by atoms with Crippen LogP contribution in [0.4, 0.5) is 0 Å². The third-order valence-corrected chi connectivity index (χ3v) is 3.16. The number of carbonyl (C=O) groups is 1. The Labute approximate surface area is 110 Å². The Morgan fingerprint density at radius 2 is 1.76 bits per heavy atom. The Bertz CT molecular complexity index is 433. The number of carbonyl (C=O) groups excluding carboxylic acids is 1. The molecule has 3 nitrogen and oxygen atoms in total. The van der Waals surface area contributed by atoms with Crippen LogP contribution in [-0.4, -0.2) is 20.0 Å². The maximum atomic E-state index is 12.3. The summed E-state index contributed by atoms with van der Waals surface area (Å²) < 4.78 is 11.1. The predicted octanol–water partition coefficient (Wildman–Crippen LogP) is 3.70. The minimum absolute atomic E-state index is 0.0395. The highest BCUT2D eigenvalue weighted by atomic mass is 79.9. The molecule has 0 amide bonds. The normalized spacial score (nSPS) is 11.2. The van der Waals surface area contributed by atoms with E-state index in [1.54, 1.807) is 26.4 Å². The average Bonchev–Trinajstić information content (AvgIpc) is 2.26. The summed E-state index contributed by atoms with van der Waals surface area (Å²) in [5, 5.41) is 0. The third kappa shape index (κ3) is 2.80. The number of rotatable bonds is 3. The van der Waals surface area contributed by atoms with Gasteiger partial charge in [-0.3, -0.25) is 4.79 Å². The topological polar surface area (TPSA) is 35.5 Å². The minimum Gasteiger partial charge on any atom is -0.495 e. The maximum Gasteiger partial charge on any atom is 0.171 e. The zero-order chi connectivity index (χ0) is 13.2. The van der Waals surface area contributed by atoms with E-state index < -0.39 is 5.41 Å². The van der Waals surface area contributed by atoms with Crippen molar-refractivity contribution < 1.29 is 14.3 Å². The van der Waals surface area contributed by atoms with E-state index in [9.17, 15) is 4.79 Å². The molecule has 0 atom stereocenters. The van der Waals surface area contributed by atoms with Crippen LogP contribution in [0, 0.1) is 5.41 Å². The lowest BCUT2D eigenvalue weighted by Gasteiger charge is -2.19. The van der Waals surface area contributed by atoms with Crippen LogP contribution in [-0.2, 0) is 0 Å². The molecular weight excluding hydrogens is 284 g/mol. The van der Waals surface area contributed by atoms with Gasteiger partial charge in [0, 0.05) is 5.41 Å². The van der Waals surface area contributed by atoms with Crippen molar-refractivity contribution in [3.05, 3.63) is 22.2 Å². The molecule has 0 heterocycles. The molecule has 0 aliphatic carbocycles. The number of Topliss-reactive ketones (excluding diaryl/α,β-unsaturated/α-hetero) is 1. The van der Waals surface area contributed by atoms with Gasteiger partial charge in [0.25, 0.3) is 0 Å². The standard InChI is InChI=1S/C13H17BrO3/c1-13(2,3)12(15)8-6-7-9(16-4)10(14)11(8)17-5/h6-7H,1-5H3. The molecule has 0 radical (unpaired) electrons. The fourth-order valence-electron chi connectivity index (χ4n) is 1.48. The molecule has 0 aliphatic rings. The van der Waals surface area contributed by atoms with E-state index in [-0.39, 0.29) is 5.78 Å². The molecule has 1 aromatic rings. The molecule has 17 heavy (non-hydrogen) atoms. The fourth-order valence-corrected chi connectivity index (χ4v) is 2.15. The highest BCUT2D eigenvalue weighted by molar-refractivity contribution is 9.10. The number of hydrogen-bond donors (Lipinski definition) is 0. The molecule has 0 aliphatic heterocycles. The van der Waals surface area contributed by atoms with Gasteiger partial charge in [-0.1, -0.05) is 20.8 Å². The zero-order valence-electron chi connectivity index (χ0n) is 10.8. The Morgan fingerprint density at radius 1 is 1.18 bits per heavy atom. The van der Waals surface area contributed by atoms with Crippen LogP contribution in [0.15, 0.2) is 16.6 Å². The van der Waals surface area contributed by atoms with Crippen molar-refractivity contribution >= 4 is 21.7 Å². The lowest BCUT2D eigenvalue weighted by Crippen LogP contribution is -2.21. The van der Waals surface area contributed by atoms with Crippen molar-refractivity contribution in [2.75, 3.05) is 14.2 Å². The summed E-state index contributed by atoms with van der Waals surface area (Å²) in [5.41, 5.74) is 0.120. The molecule has 0 bridgehead atoms. The molecule has 0 fully saturated rings. The van der Waals surface area contributed by atoms with E-state index in [0.717, 1.165) is 0 Å². The Morgan fingerprint density at radius 3 is 2.18 bits per heavy atom. The van der Waals surface area contributed by atoms with E-state index in [2.05, 4.69) is 15.9 Å². The van der Waals surface area contributed by atoms with Gasteiger partial charge in [0.2, 0.25) is 0 Å². The SMILES string of the molecule is COc1ccc(C(=O)C(C)(C)C)c(OC)c1Br. The summed E-state index contributed by atoms with van der Waals surface area (Å²) >= 11 is 3.39. The molecule has 0 aromatic heterocycles. The van der Waals surface area contributed by atoms with Crippen LogP contribution in [0.3, 0.4) is 0 Å². The predicted molar refractivity (Wildman–Crippen MR) is 71.0 cm³/mol. The summed E-state index contributed by atoms with van der Waals surface area (Å²) in [4.78, 5) is 12.3. The largest absolute Gasteiger partial charge is 0.495 e. The summed E-state index contributed by atoms with van der Waals surface area (Å²) in [6, 6.07) is 3.49. The molecule has 0 saturated heterocycles. The van der Waals surface area contributed by atoms with Gasteiger partial charge in [0.15, 0.2) is 5.78 Å². The van der Waals surface area contributed by atoms with Crippen molar-refractivity contribution in [3.8, 4) is 11.5 Å². The highest BCUT2D eigenvalue weighted by Gasteiger charge is 2.27. The second-order valence-electron chi connectivity index (χ2n) is 4.74. The molecule has 0 spiro atoms. The first-order valence-corrected chi connectivity index (χ1v) is 6.07. The van der Waals surface area contributed by atoms with Crippen molar-refractivity contribution in [1.82, 2.24) is 0 Å². The van der Waals surface area contributed by atoms with Crippen LogP contribution < -0.4 is 9.47 Å². The first kappa shape index (κ1) is 14.0. The number of hydrogen-bond acceptors (Lipinski definition) is 3. The van der Waals surface area contributed by atoms with Gasteiger partial charge in [-0.05, 0) is 28.1 Å². The molecule has 1 rings (SSSR count). The van der Waals surface area contributed by atoms with E-state index in [1.807, 2.05) is 20.8 Å². The van der Waals surface area contributed by atoms with Gasteiger partial charge in [0.1, 0.15) is 16.0 Å². The van der Waals surface area contributed by atoms with Gasteiger partial charge in [-0.25, -0.2) is 0 Å². The molecule has 4 heteroatoms. The van der Waals surface area contributed by atoms with E-state index in [4.69, 9.17) is 9.47 Å². The molecular formula is C13H17BrO3. The first-order valence-electron chi connectivity index (χ1n) is 5.28. The summed E-state index contributed by atoms with van der Waals surface area (Å²) in [5.74, 6) is 1.20.